The number of benzene rings is 2. The smallest absolute Gasteiger partial charge is 0.246 e. The highest BCUT2D eigenvalue weighted by Crippen LogP contribution is 2.30. The van der Waals surface area contributed by atoms with Gasteiger partial charge >= 0.3 is 0 Å². The molecule has 1 amide bonds. The Labute approximate surface area is 206 Å². The number of imidazole rings is 1. The van der Waals surface area contributed by atoms with Gasteiger partial charge in [0.25, 0.3) is 0 Å². The lowest BCUT2D eigenvalue weighted by Gasteiger charge is -2.39. The average molecular weight is 482 g/mol. The maximum absolute atomic E-state index is 12.0. The van der Waals surface area contributed by atoms with Crippen molar-refractivity contribution < 1.29 is 9.53 Å². The molecule has 1 fully saturated rings. The van der Waals surface area contributed by atoms with Crippen LogP contribution in [-0.4, -0.2) is 71.2 Å². The summed E-state index contributed by atoms with van der Waals surface area (Å²) in [5, 5.41) is 3.60. The zero-order chi connectivity index (χ0) is 23.8. The molecule has 1 atom stereocenters. The molecule has 0 aliphatic carbocycles. The summed E-state index contributed by atoms with van der Waals surface area (Å²) in [6.45, 7) is 5.68. The number of hydrogen-bond donors (Lipinski definition) is 1. The van der Waals surface area contributed by atoms with E-state index >= 15 is 0 Å². The quantitative estimate of drug-likeness (QED) is 0.451. The highest BCUT2D eigenvalue weighted by Gasteiger charge is 2.26. The van der Waals surface area contributed by atoms with E-state index in [1.807, 2.05) is 29.9 Å². The van der Waals surface area contributed by atoms with Gasteiger partial charge in [-0.2, -0.15) is 0 Å². The van der Waals surface area contributed by atoms with Crippen LogP contribution in [0, 0.1) is 0 Å². The fourth-order valence-corrected chi connectivity index (χ4v) is 4.42. The molecule has 0 spiro atoms. The third-order valence-corrected chi connectivity index (χ3v) is 6.47. The van der Waals surface area contributed by atoms with Crippen molar-refractivity contribution >= 4 is 17.5 Å². The molecule has 34 heavy (non-hydrogen) atoms. The number of piperazine rings is 1. The summed E-state index contributed by atoms with van der Waals surface area (Å²) in [6, 6.07) is 19.0. The maximum Gasteiger partial charge on any atom is 0.246 e. The normalized spacial score (nSPS) is 15.8. The summed E-state index contributed by atoms with van der Waals surface area (Å²) in [5.41, 5.74) is 2.54. The maximum atomic E-state index is 12.0. The number of carbonyl (C=O) groups is 1. The van der Waals surface area contributed by atoms with Crippen molar-refractivity contribution in [3.05, 3.63) is 89.0 Å². The number of aromatic nitrogens is 2. The number of rotatable bonds is 10. The number of nitrogens with one attached hydrogen (secondary N) is 1. The van der Waals surface area contributed by atoms with Crippen LogP contribution in [0.1, 0.15) is 23.0 Å². The second-order valence-corrected chi connectivity index (χ2v) is 8.96. The van der Waals surface area contributed by atoms with E-state index in [1.54, 1.807) is 6.20 Å². The summed E-state index contributed by atoms with van der Waals surface area (Å²) in [7, 11) is 1.91. The Balaban J connectivity index is 1.21. The summed E-state index contributed by atoms with van der Waals surface area (Å²) in [6.07, 6.45) is 3.57. The molecule has 0 saturated carbocycles. The molecule has 8 heteroatoms. The van der Waals surface area contributed by atoms with Gasteiger partial charge in [-0.1, -0.05) is 54.1 Å². The minimum atomic E-state index is -0.124. The van der Waals surface area contributed by atoms with Crippen LogP contribution in [0.2, 0.25) is 5.02 Å². The molecule has 3 aromatic rings. The van der Waals surface area contributed by atoms with Crippen LogP contribution in [-0.2, 0) is 23.1 Å². The Morgan fingerprint density at radius 3 is 2.44 bits per heavy atom. The van der Waals surface area contributed by atoms with E-state index in [1.165, 1.54) is 11.1 Å². The molecule has 2 aromatic carbocycles. The molecule has 0 bridgehead atoms. The molecule has 4 rings (SSSR count). The molecule has 1 aliphatic rings. The molecule has 1 unspecified atom stereocenters. The Morgan fingerprint density at radius 2 is 1.76 bits per heavy atom. The Morgan fingerprint density at radius 1 is 1.06 bits per heavy atom. The molecule has 0 radical (unpaired) electrons. The number of aryl methyl sites for hydroxylation is 1. The topological polar surface area (TPSA) is 62.6 Å². The second-order valence-electron chi connectivity index (χ2n) is 8.53. The van der Waals surface area contributed by atoms with E-state index in [9.17, 15) is 4.79 Å². The highest BCUT2D eigenvalue weighted by molar-refractivity contribution is 6.30. The molecule has 1 aromatic heterocycles. The fourth-order valence-electron chi connectivity index (χ4n) is 4.29. The van der Waals surface area contributed by atoms with E-state index in [2.05, 4.69) is 62.6 Å². The highest BCUT2D eigenvalue weighted by atomic mass is 35.5. The number of amides is 1. The predicted octanol–water partition coefficient (Wildman–Crippen LogP) is 3.11. The zero-order valence-electron chi connectivity index (χ0n) is 19.6. The van der Waals surface area contributed by atoms with Gasteiger partial charge in [-0.15, -0.1) is 0 Å². The van der Waals surface area contributed by atoms with Gasteiger partial charge in [0.2, 0.25) is 5.91 Å². The molecule has 1 saturated heterocycles. The van der Waals surface area contributed by atoms with Gasteiger partial charge in [0, 0.05) is 57.2 Å². The van der Waals surface area contributed by atoms with Crippen molar-refractivity contribution in [2.75, 3.05) is 45.9 Å². The van der Waals surface area contributed by atoms with Gasteiger partial charge in [-0.05, 0) is 23.3 Å². The van der Waals surface area contributed by atoms with Crippen LogP contribution in [0.15, 0.2) is 67.0 Å². The Bertz CT molecular complexity index is 1030. The van der Waals surface area contributed by atoms with Crippen molar-refractivity contribution in [1.82, 2.24) is 24.7 Å². The predicted molar refractivity (Wildman–Crippen MR) is 134 cm³/mol. The Hall–Kier alpha value is -2.71. The van der Waals surface area contributed by atoms with Gasteiger partial charge in [0.1, 0.15) is 12.4 Å². The first-order valence-electron chi connectivity index (χ1n) is 11.7. The molecule has 180 valence electrons. The molecular formula is C26H32ClN5O2. The van der Waals surface area contributed by atoms with Crippen LogP contribution in [0.25, 0.3) is 0 Å². The third-order valence-electron chi connectivity index (χ3n) is 6.22. The molecular weight excluding hydrogens is 450 g/mol. The number of nitrogens with zero attached hydrogens (tertiary/aromatic N) is 4. The third kappa shape index (κ3) is 6.67. The van der Waals surface area contributed by atoms with Gasteiger partial charge in [0.05, 0.1) is 19.2 Å². The number of hydrogen-bond acceptors (Lipinski definition) is 5. The van der Waals surface area contributed by atoms with Crippen molar-refractivity contribution in [3.8, 4) is 0 Å². The van der Waals surface area contributed by atoms with Gasteiger partial charge in [0.15, 0.2) is 0 Å². The first-order chi connectivity index (χ1) is 16.6. The lowest BCUT2D eigenvalue weighted by Crippen LogP contribution is -2.48. The number of halogens is 1. The largest absolute Gasteiger partial charge is 0.370 e. The summed E-state index contributed by atoms with van der Waals surface area (Å²) >= 11 is 6.13. The van der Waals surface area contributed by atoms with Crippen molar-refractivity contribution in [3.63, 3.8) is 0 Å². The van der Waals surface area contributed by atoms with E-state index < -0.39 is 0 Å². The summed E-state index contributed by atoms with van der Waals surface area (Å²) < 4.78 is 7.50. The van der Waals surface area contributed by atoms with E-state index in [4.69, 9.17) is 16.3 Å². The molecule has 1 N–H and O–H groups in total. The van der Waals surface area contributed by atoms with E-state index in [0.29, 0.717) is 13.2 Å². The average Bonchev–Trinajstić information content (AvgIpc) is 3.28. The minimum Gasteiger partial charge on any atom is -0.370 e. The van der Waals surface area contributed by atoms with E-state index in [-0.39, 0.29) is 18.6 Å². The molecule has 7 nitrogen and oxygen atoms in total. The first-order valence-corrected chi connectivity index (χ1v) is 12.1. The first kappa shape index (κ1) is 24.4. The van der Waals surface area contributed by atoms with Crippen LogP contribution in [0.4, 0.5) is 0 Å². The van der Waals surface area contributed by atoms with Crippen molar-refractivity contribution in [2.24, 2.45) is 7.05 Å². The summed E-state index contributed by atoms with van der Waals surface area (Å²) in [5.74, 6) is 0.695. The van der Waals surface area contributed by atoms with Crippen LogP contribution in [0.5, 0.6) is 0 Å². The standard InChI is InChI=1S/C26H32ClN5O2/c1-30-12-11-28-24(30)19-29-25(33)20-34-18-17-31-13-15-32(16-14-31)26(21-5-3-2-4-6-21)22-7-9-23(27)10-8-22/h2-12,26H,13-20H2,1H3,(H,29,33). The zero-order valence-corrected chi connectivity index (χ0v) is 20.3. The lowest BCUT2D eigenvalue weighted by molar-refractivity contribution is -0.126. The van der Waals surface area contributed by atoms with Gasteiger partial charge < -0.3 is 14.6 Å². The minimum absolute atomic E-state index is 0.0665. The van der Waals surface area contributed by atoms with Crippen LogP contribution >= 0.6 is 11.6 Å². The van der Waals surface area contributed by atoms with E-state index in [0.717, 1.165) is 43.6 Å². The second kappa shape index (κ2) is 12.1. The molecule has 2 heterocycles. The van der Waals surface area contributed by atoms with Crippen molar-refractivity contribution in [1.29, 1.82) is 0 Å². The van der Waals surface area contributed by atoms with Gasteiger partial charge in [-0.3, -0.25) is 14.6 Å². The van der Waals surface area contributed by atoms with Crippen molar-refractivity contribution in [2.45, 2.75) is 12.6 Å². The summed E-state index contributed by atoms with van der Waals surface area (Å²) in [4.78, 5) is 21.1. The SMILES string of the molecule is Cn1ccnc1CNC(=O)COCCN1CCN(C(c2ccccc2)c2ccc(Cl)cc2)CC1. The number of carbonyl (C=O) groups excluding carboxylic acids is 1. The number of ether oxygens (including phenoxy) is 1. The fraction of sp³-hybridized carbons (Fsp3) is 0.385. The monoisotopic (exact) mass is 481 g/mol. The van der Waals surface area contributed by atoms with Crippen LogP contribution in [0.3, 0.4) is 0 Å². The van der Waals surface area contributed by atoms with Crippen LogP contribution < -0.4 is 5.32 Å². The lowest BCUT2D eigenvalue weighted by atomic mass is 9.96. The Kier molecular flexibility index (Phi) is 8.71. The molecule has 1 aliphatic heterocycles. The van der Waals surface area contributed by atoms with Gasteiger partial charge in [-0.25, -0.2) is 4.98 Å².